The van der Waals surface area contributed by atoms with Crippen LogP contribution >= 0.6 is 0 Å². The molecule has 1 unspecified atom stereocenters. The largest absolute Gasteiger partial charge is 0.381 e. The first-order valence-electron chi connectivity index (χ1n) is 6.71. The Morgan fingerprint density at radius 2 is 2.00 bits per heavy atom. The van der Waals surface area contributed by atoms with E-state index in [1.807, 2.05) is 12.1 Å². The molecule has 5 heteroatoms. The summed E-state index contributed by atoms with van der Waals surface area (Å²) in [6.45, 7) is 4.65. The van der Waals surface area contributed by atoms with Crippen molar-refractivity contribution in [3.63, 3.8) is 0 Å². The third-order valence-electron chi connectivity index (χ3n) is 3.75. The molecule has 0 radical (unpaired) electrons. The number of nitrogens with zero attached hydrogens (tertiary/aromatic N) is 1. The van der Waals surface area contributed by atoms with Crippen LogP contribution in [0.1, 0.15) is 25.3 Å². The van der Waals surface area contributed by atoms with Gasteiger partial charge in [0.05, 0.1) is 4.92 Å². The molecule has 1 fully saturated rings. The van der Waals surface area contributed by atoms with Crippen molar-refractivity contribution >= 4 is 5.69 Å². The molecular weight excluding hydrogens is 244 g/mol. The highest BCUT2D eigenvalue weighted by atomic mass is 16.6. The number of nitro benzene ring substituents is 1. The highest BCUT2D eigenvalue weighted by Gasteiger charge is 2.19. The van der Waals surface area contributed by atoms with Gasteiger partial charge < -0.3 is 10.1 Å². The van der Waals surface area contributed by atoms with Gasteiger partial charge in [-0.1, -0.05) is 12.1 Å². The third-order valence-corrected chi connectivity index (χ3v) is 3.75. The highest BCUT2D eigenvalue weighted by molar-refractivity contribution is 5.32. The zero-order valence-electron chi connectivity index (χ0n) is 11.2. The van der Waals surface area contributed by atoms with Gasteiger partial charge in [-0.25, -0.2) is 0 Å². The van der Waals surface area contributed by atoms with Gasteiger partial charge in [0, 0.05) is 37.9 Å². The van der Waals surface area contributed by atoms with Gasteiger partial charge in [-0.05, 0) is 31.2 Å². The molecule has 5 nitrogen and oxygen atoms in total. The maximum absolute atomic E-state index is 10.6. The van der Waals surface area contributed by atoms with Gasteiger partial charge in [-0.15, -0.1) is 0 Å². The second kappa shape index (κ2) is 6.63. The van der Waals surface area contributed by atoms with Crippen molar-refractivity contribution in [1.29, 1.82) is 0 Å². The molecule has 0 aromatic heterocycles. The van der Waals surface area contributed by atoms with Crippen LogP contribution in [0.3, 0.4) is 0 Å². The van der Waals surface area contributed by atoms with Gasteiger partial charge in [0.2, 0.25) is 0 Å². The van der Waals surface area contributed by atoms with Crippen LogP contribution in [0.4, 0.5) is 5.69 Å². The average Bonchev–Trinajstić information content (AvgIpc) is 2.46. The van der Waals surface area contributed by atoms with Gasteiger partial charge in [0.15, 0.2) is 0 Å². The molecule has 1 aromatic carbocycles. The van der Waals surface area contributed by atoms with Crippen LogP contribution in [-0.4, -0.2) is 24.2 Å². The maximum atomic E-state index is 10.6. The van der Waals surface area contributed by atoms with Gasteiger partial charge in [-0.3, -0.25) is 10.1 Å². The number of rotatable bonds is 5. The zero-order valence-corrected chi connectivity index (χ0v) is 11.2. The van der Waals surface area contributed by atoms with E-state index in [-0.39, 0.29) is 10.6 Å². The number of benzene rings is 1. The number of nitrogens with one attached hydrogen (secondary N) is 1. The first-order valence-corrected chi connectivity index (χ1v) is 6.71. The SMILES string of the molecule is CC(NCc1ccc([N+](=O)[O-])cc1)C1CCOCC1. The molecular formula is C14H20N2O3. The number of nitro groups is 1. The van der Waals surface area contributed by atoms with Gasteiger partial charge in [0.25, 0.3) is 5.69 Å². The predicted octanol–water partition coefficient (Wildman–Crippen LogP) is 2.50. The molecule has 1 aliphatic rings. The number of ether oxygens (including phenoxy) is 1. The molecule has 0 amide bonds. The molecule has 1 aromatic rings. The Hall–Kier alpha value is -1.46. The zero-order chi connectivity index (χ0) is 13.7. The van der Waals surface area contributed by atoms with Crippen molar-refractivity contribution < 1.29 is 9.66 Å². The van der Waals surface area contributed by atoms with E-state index >= 15 is 0 Å². The maximum Gasteiger partial charge on any atom is 0.269 e. The van der Waals surface area contributed by atoms with Crippen molar-refractivity contribution in [3.8, 4) is 0 Å². The predicted molar refractivity (Wildman–Crippen MR) is 72.9 cm³/mol. The van der Waals surface area contributed by atoms with Gasteiger partial charge in [-0.2, -0.15) is 0 Å². The van der Waals surface area contributed by atoms with E-state index in [0.29, 0.717) is 12.0 Å². The molecule has 0 aliphatic carbocycles. The third kappa shape index (κ3) is 4.01. The summed E-state index contributed by atoms with van der Waals surface area (Å²) in [5.74, 6) is 0.659. The van der Waals surface area contributed by atoms with Crippen molar-refractivity contribution in [2.24, 2.45) is 5.92 Å². The van der Waals surface area contributed by atoms with Crippen LogP contribution in [0.25, 0.3) is 0 Å². The second-order valence-electron chi connectivity index (χ2n) is 5.04. The van der Waals surface area contributed by atoms with E-state index in [4.69, 9.17) is 4.74 Å². The second-order valence-corrected chi connectivity index (χ2v) is 5.04. The lowest BCUT2D eigenvalue weighted by molar-refractivity contribution is -0.384. The smallest absolute Gasteiger partial charge is 0.269 e. The molecule has 2 rings (SSSR count). The number of hydrogen-bond donors (Lipinski definition) is 1. The van der Waals surface area contributed by atoms with Crippen molar-refractivity contribution in [1.82, 2.24) is 5.32 Å². The van der Waals surface area contributed by atoms with Gasteiger partial charge in [0.1, 0.15) is 0 Å². The van der Waals surface area contributed by atoms with Crippen LogP contribution < -0.4 is 5.32 Å². The summed E-state index contributed by atoms with van der Waals surface area (Å²) in [4.78, 5) is 10.2. The minimum atomic E-state index is -0.373. The monoisotopic (exact) mass is 264 g/mol. The fraction of sp³-hybridized carbons (Fsp3) is 0.571. The number of non-ortho nitro benzene ring substituents is 1. The van der Waals surface area contributed by atoms with Crippen molar-refractivity contribution in [2.75, 3.05) is 13.2 Å². The quantitative estimate of drug-likeness (QED) is 0.655. The minimum absolute atomic E-state index is 0.140. The topological polar surface area (TPSA) is 64.4 Å². The Morgan fingerprint density at radius 1 is 1.37 bits per heavy atom. The molecule has 1 saturated heterocycles. The van der Waals surface area contributed by atoms with E-state index in [2.05, 4.69) is 12.2 Å². The Morgan fingerprint density at radius 3 is 2.58 bits per heavy atom. The van der Waals surface area contributed by atoms with Crippen LogP contribution in [0.2, 0.25) is 0 Å². The summed E-state index contributed by atoms with van der Waals surface area (Å²) < 4.78 is 5.36. The van der Waals surface area contributed by atoms with E-state index in [1.165, 1.54) is 0 Å². The summed E-state index contributed by atoms with van der Waals surface area (Å²) in [5.41, 5.74) is 1.21. The average molecular weight is 264 g/mol. The Balaban J connectivity index is 1.82. The van der Waals surface area contributed by atoms with Crippen molar-refractivity contribution in [2.45, 2.75) is 32.4 Å². The summed E-state index contributed by atoms with van der Waals surface area (Å²) in [5, 5.41) is 14.1. The van der Waals surface area contributed by atoms with E-state index in [9.17, 15) is 10.1 Å². The fourth-order valence-electron chi connectivity index (χ4n) is 2.40. The first kappa shape index (κ1) is 14.0. The fourth-order valence-corrected chi connectivity index (χ4v) is 2.40. The molecule has 0 bridgehead atoms. The Labute approximate surface area is 113 Å². The Kier molecular flexibility index (Phi) is 4.87. The van der Waals surface area contributed by atoms with E-state index < -0.39 is 0 Å². The highest BCUT2D eigenvalue weighted by Crippen LogP contribution is 2.19. The molecule has 1 N–H and O–H groups in total. The lowest BCUT2D eigenvalue weighted by Gasteiger charge is -2.28. The lowest BCUT2D eigenvalue weighted by Crippen LogP contribution is -2.36. The van der Waals surface area contributed by atoms with Crippen LogP contribution in [0.5, 0.6) is 0 Å². The summed E-state index contributed by atoms with van der Waals surface area (Å²) in [6, 6.07) is 7.16. The minimum Gasteiger partial charge on any atom is -0.381 e. The molecule has 1 atom stereocenters. The van der Waals surface area contributed by atoms with Crippen molar-refractivity contribution in [3.05, 3.63) is 39.9 Å². The van der Waals surface area contributed by atoms with E-state index in [0.717, 1.165) is 38.2 Å². The molecule has 19 heavy (non-hydrogen) atoms. The lowest BCUT2D eigenvalue weighted by atomic mass is 9.93. The molecule has 0 spiro atoms. The van der Waals surface area contributed by atoms with E-state index in [1.54, 1.807) is 12.1 Å². The molecule has 0 saturated carbocycles. The molecule has 1 heterocycles. The summed E-state index contributed by atoms with van der Waals surface area (Å²) >= 11 is 0. The van der Waals surface area contributed by atoms with Crippen LogP contribution in [0.15, 0.2) is 24.3 Å². The van der Waals surface area contributed by atoms with Crippen LogP contribution in [0, 0.1) is 16.0 Å². The number of hydrogen-bond acceptors (Lipinski definition) is 4. The summed E-state index contributed by atoms with van der Waals surface area (Å²) in [7, 11) is 0. The molecule has 1 aliphatic heterocycles. The van der Waals surface area contributed by atoms with Gasteiger partial charge >= 0.3 is 0 Å². The first-order chi connectivity index (χ1) is 9.16. The summed E-state index contributed by atoms with van der Waals surface area (Å²) in [6.07, 6.45) is 2.21. The standard InChI is InChI=1S/C14H20N2O3/c1-11(13-6-8-19-9-7-13)15-10-12-2-4-14(5-3-12)16(17)18/h2-5,11,13,15H,6-10H2,1H3. The Bertz CT molecular complexity index is 413. The normalized spacial score (nSPS) is 18.2. The molecule has 104 valence electrons. The van der Waals surface area contributed by atoms with Crippen LogP contribution in [-0.2, 0) is 11.3 Å².